The van der Waals surface area contributed by atoms with Crippen LogP contribution in [0.5, 0.6) is 11.5 Å². The summed E-state index contributed by atoms with van der Waals surface area (Å²) in [5, 5.41) is 9.68. The molecule has 1 aliphatic rings. The summed E-state index contributed by atoms with van der Waals surface area (Å²) >= 11 is 0. The van der Waals surface area contributed by atoms with Crippen molar-refractivity contribution in [3.05, 3.63) is 47.4 Å². The highest BCUT2D eigenvalue weighted by Crippen LogP contribution is 2.36. The Morgan fingerprint density at radius 3 is 2.71 bits per heavy atom. The molecule has 28 heavy (non-hydrogen) atoms. The summed E-state index contributed by atoms with van der Waals surface area (Å²) in [7, 11) is 3.27. The van der Waals surface area contributed by atoms with E-state index in [1.807, 2.05) is 18.2 Å². The predicted molar refractivity (Wildman–Crippen MR) is 105 cm³/mol. The summed E-state index contributed by atoms with van der Waals surface area (Å²) in [4.78, 5) is 14.6. The fraction of sp³-hybridized carbons (Fsp3) is 0.409. The Labute approximate surface area is 165 Å². The number of carbonyl (C=O) groups excluding carboxylic acids is 1. The van der Waals surface area contributed by atoms with E-state index in [0.717, 1.165) is 23.5 Å². The molecule has 0 radical (unpaired) electrons. The number of nitrogens with zero attached hydrogens (tertiary/aromatic N) is 1. The van der Waals surface area contributed by atoms with Gasteiger partial charge in [0.1, 0.15) is 17.1 Å². The Bertz CT molecular complexity index is 913. The van der Waals surface area contributed by atoms with E-state index in [1.165, 1.54) is 0 Å². The summed E-state index contributed by atoms with van der Waals surface area (Å²) in [6, 6.07) is 8.98. The van der Waals surface area contributed by atoms with Crippen LogP contribution in [-0.4, -0.2) is 48.8 Å². The topological polar surface area (TPSA) is 72.1 Å². The third kappa shape index (κ3) is 4.49. The predicted octanol–water partition coefficient (Wildman–Crippen LogP) is 3.05. The van der Waals surface area contributed by atoms with Gasteiger partial charge in [0.25, 0.3) is 5.91 Å². The second-order valence-electron chi connectivity index (χ2n) is 7.32. The number of amides is 1. The quantitative estimate of drug-likeness (QED) is 0.822. The monoisotopic (exact) mass is 383 g/mol. The smallest absolute Gasteiger partial charge is 0.289 e. The number of hydrogen-bond donors (Lipinski definition) is 1. The van der Waals surface area contributed by atoms with Crippen molar-refractivity contribution < 1.29 is 23.8 Å². The van der Waals surface area contributed by atoms with Gasteiger partial charge in [-0.25, -0.2) is 0 Å². The fourth-order valence-corrected chi connectivity index (χ4v) is 3.25. The van der Waals surface area contributed by atoms with E-state index in [9.17, 15) is 9.90 Å². The van der Waals surface area contributed by atoms with E-state index in [4.69, 9.17) is 13.9 Å². The molecule has 1 amide bonds. The molecule has 0 aliphatic carbocycles. The van der Waals surface area contributed by atoms with Gasteiger partial charge >= 0.3 is 0 Å². The Kier molecular flexibility index (Phi) is 5.66. The van der Waals surface area contributed by atoms with Gasteiger partial charge in [-0.2, -0.15) is 0 Å². The molecule has 1 saturated heterocycles. The van der Waals surface area contributed by atoms with Crippen LogP contribution < -0.4 is 9.47 Å². The van der Waals surface area contributed by atoms with Crippen molar-refractivity contribution in [2.24, 2.45) is 0 Å². The van der Waals surface area contributed by atoms with Gasteiger partial charge in [0.05, 0.1) is 14.2 Å². The number of benzene rings is 1. The van der Waals surface area contributed by atoms with Gasteiger partial charge < -0.3 is 23.9 Å². The van der Waals surface area contributed by atoms with Crippen LogP contribution in [0.3, 0.4) is 0 Å². The fourth-order valence-electron chi connectivity index (χ4n) is 3.25. The zero-order valence-electron chi connectivity index (χ0n) is 16.6. The summed E-state index contributed by atoms with van der Waals surface area (Å²) in [5.74, 6) is 7.58. The molecule has 1 fully saturated rings. The maximum atomic E-state index is 12.8. The number of hydrogen-bond acceptors (Lipinski definition) is 5. The molecule has 6 nitrogen and oxygen atoms in total. The molecule has 1 aromatic heterocycles. The molecule has 3 rings (SSSR count). The maximum absolute atomic E-state index is 12.8. The first-order chi connectivity index (χ1) is 13.3. The van der Waals surface area contributed by atoms with Gasteiger partial charge in [-0.15, -0.1) is 0 Å². The van der Waals surface area contributed by atoms with Crippen LogP contribution in [0, 0.1) is 11.8 Å². The summed E-state index contributed by atoms with van der Waals surface area (Å²) in [6.07, 6.45) is 0.835. The number of carbonyl (C=O) groups is 1. The van der Waals surface area contributed by atoms with Crippen molar-refractivity contribution in [2.75, 3.05) is 27.3 Å². The van der Waals surface area contributed by atoms with Crippen molar-refractivity contribution >= 4 is 5.91 Å². The number of ether oxygens (including phenoxy) is 2. The van der Waals surface area contributed by atoms with Crippen molar-refractivity contribution in [3.63, 3.8) is 0 Å². The van der Waals surface area contributed by atoms with E-state index >= 15 is 0 Å². The lowest BCUT2D eigenvalue weighted by molar-refractivity contribution is 0.0758. The van der Waals surface area contributed by atoms with Gasteiger partial charge in [-0.05, 0) is 56.5 Å². The molecule has 2 heterocycles. The Morgan fingerprint density at radius 1 is 1.25 bits per heavy atom. The molecule has 1 N–H and O–H groups in total. The Morgan fingerprint density at radius 2 is 2.04 bits per heavy atom. The molecule has 0 spiro atoms. The molecule has 1 aliphatic heterocycles. The minimum Gasteiger partial charge on any atom is -0.497 e. The SMILES string of the molecule is COc1ccc(OC)c(C2CCN(C(=O)c3ccc(C#CC(C)(C)O)o3)C2)c1. The van der Waals surface area contributed by atoms with Crippen molar-refractivity contribution in [1.82, 2.24) is 4.90 Å². The van der Waals surface area contributed by atoms with E-state index in [1.54, 1.807) is 45.1 Å². The molecule has 0 saturated carbocycles. The Balaban J connectivity index is 1.73. The average Bonchev–Trinajstić information content (AvgIpc) is 3.34. The minimum atomic E-state index is -1.12. The number of aliphatic hydroxyl groups is 1. The zero-order valence-corrected chi connectivity index (χ0v) is 16.6. The second-order valence-corrected chi connectivity index (χ2v) is 7.32. The van der Waals surface area contributed by atoms with Gasteiger partial charge in [0.15, 0.2) is 11.5 Å². The lowest BCUT2D eigenvalue weighted by Gasteiger charge is -2.17. The number of methoxy groups -OCH3 is 2. The molecule has 1 atom stereocenters. The van der Waals surface area contributed by atoms with Gasteiger partial charge in [-0.1, -0.05) is 5.92 Å². The standard InChI is InChI=1S/C22H25NO5/c1-22(2,25)11-9-16-5-8-20(28-16)21(24)23-12-10-15(14-23)18-13-17(26-3)6-7-19(18)27-4/h5-8,13,15,25H,10,12,14H2,1-4H3. The molecule has 1 unspecified atom stereocenters. The van der Waals surface area contributed by atoms with Crippen LogP contribution in [0.25, 0.3) is 0 Å². The van der Waals surface area contributed by atoms with Gasteiger partial charge in [0, 0.05) is 24.6 Å². The molecular weight excluding hydrogens is 358 g/mol. The second kappa shape index (κ2) is 7.99. The van der Waals surface area contributed by atoms with Gasteiger partial charge in [0.2, 0.25) is 0 Å². The molecule has 0 bridgehead atoms. The van der Waals surface area contributed by atoms with E-state index in [-0.39, 0.29) is 17.6 Å². The molecule has 148 valence electrons. The van der Waals surface area contributed by atoms with E-state index < -0.39 is 5.60 Å². The summed E-state index contributed by atoms with van der Waals surface area (Å²) < 4.78 is 16.4. The first-order valence-electron chi connectivity index (χ1n) is 9.17. The van der Waals surface area contributed by atoms with Crippen LogP contribution in [0.4, 0.5) is 0 Å². The van der Waals surface area contributed by atoms with Crippen molar-refractivity contribution in [2.45, 2.75) is 31.8 Å². The van der Waals surface area contributed by atoms with Crippen LogP contribution >= 0.6 is 0 Å². The first-order valence-corrected chi connectivity index (χ1v) is 9.17. The van der Waals surface area contributed by atoms with Crippen LogP contribution in [0.1, 0.15) is 48.1 Å². The molecule has 6 heteroatoms. The van der Waals surface area contributed by atoms with Crippen LogP contribution in [0.2, 0.25) is 0 Å². The third-order valence-corrected chi connectivity index (χ3v) is 4.66. The summed E-state index contributed by atoms with van der Waals surface area (Å²) in [5.41, 5.74) is -0.0806. The van der Waals surface area contributed by atoms with E-state index in [2.05, 4.69) is 11.8 Å². The normalized spacial score (nSPS) is 16.5. The summed E-state index contributed by atoms with van der Waals surface area (Å²) in [6.45, 7) is 4.39. The largest absolute Gasteiger partial charge is 0.497 e. The lowest BCUT2D eigenvalue weighted by atomic mass is 9.97. The molecule has 1 aromatic carbocycles. The van der Waals surface area contributed by atoms with Crippen LogP contribution in [-0.2, 0) is 0 Å². The highest BCUT2D eigenvalue weighted by atomic mass is 16.5. The maximum Gasteiger partial charge on any atom is 0.289 e. The highest BCUT2D eigenvalue weighted by molar-refractivity contribution is 5.92. The number of furan rings is 1. The van der Waals surface area contributed by atoms with Crippen molar-refractivity contribution in [3.8, 4) is 23.3 Å². The number of likely N-dealkylation sites (tertiary alicyclic amines) is 1. The van der Waals surface area contributed by atoms with Crippen molar-refractivity contribution in [1.29, 1.82) is 0 Å². The van der Waals surface area contributed by atoms with Gasteiger partial charge in [-0.3, -0.25) is 4.79 Å². The third-order valence-electron chi connectivity index (χ3n) is 4.66. The molecule has 2 aromatic rings. The average molecular weight is 383 g/mol. The number of rotatable bonds is 4. The van der Waals surface area contributed by atoms with E-state index in [0.29, 0.717) is 18.8 Å². The molecular formula is C22H25NO5. The minimum absolute atomic E-state index is 0.165. The zero-order chi connectivity index (χ0) is 20.3. The van der Waals surface area contributed by atoms with Crippen LogP contribution in [0.15, 0.2) is 34.7 Å². The first kappa shape index (κ1) is 19.8. The lowest BCUT2D eigenvalue weighted by Crippen LogP contribution is -2.28. The Hall–Kier alpha value is -2.91. The highest BCUT2D eigenvalue weighted by Gasteiger charge is 2.31.